The highest BCUT2D eigenvalue weighted by Crippen LogP contribution is 2.17. The van der Waals surface area contributed by atoms with E-state index in [2.05, 4.69) is 130 Å². The maximum Gasteiger partial charge on any atom is 0.306 e. The number of hydrogen-bond acceptors (Lipinski definition) is 6. The summed E-state index contributed by atoms with van der Waals surface area (Å²) in [5, 5.41) is 0. The lowest BCUT2D eigenvalue weighted by molar-refractivity contribution is -0.167. The largest absolute Gasteiger partial charge is 0.462 e. The summed E-state index contributed by atoms with van der Waals surface area (Å²) in [5.41, 5.74) is 0. The zero-order valence-electron chi connectivity index (χ0n) is 50.4. The number of allylic oxidation sites excluding steroid dienone is 18. The van der Waals surface area contributed by atoms with Crippen molar-refractivity contribution in [2.75, 3.05) is 13.2 Å². The fourth-order valence-electron chi connectivity index (χ4n) is 8.99. The summed E-state index contributed by atoms with van der Waals surface area (Å²) in [7, 11) is 0. The van der Waals surface area contributed by atoms with E-state index in [-0.39, 0.29) is 37.5 Å². The highest BCUT2D eigenvalue weighted by molar-refractivity contribution is 5.71. The minimum absolute atomic E-state index is 0.0928. The fraction of sp³-hybridized carbons (Fsp3) is 0.704. The van der Waals surface area contributed by atoms with Crippen LogP contribution in [0, 0.1) is 0 Å². The molecule has 77 heavy (non-hydrogen) atoms. The molecule has 0 fully saturated rings. The Labute approximate surface area is 476 Å². The number of carbonyl (C=O) groups is 3. The Balaban J connectivity index is 4.44. The van der Waals surface area contributed by atoms with Crippen molar-refractivity contribution in [2.45, 2.75) is 309 Å². The Morgan fingerprint density at radius 2 is 0.506 bits per heavy atom. The molecule has 6 nitrogen and oxygen atoms in total. The second kappa shape index (κ2) is 64.6. The summed E-state index contributed by atoms with van der Waals surface area (Å²) in [4.78, 5) is 38.4. The van der Waals surface area contributed by atoms with Crippen molar-refractivity contribution in [2.24, 2.45) is 0 Å². The molecule has 0 N–H and O–H groups in total. The normalized spacial score (nSPS) is 12.8. The van der Waals surface area contributed by atoms with Gasteiger partial charge in [-0.2, -0.15) is 0 Å². The molecule has 0 radical (unpaired) electrons. The summed E-state index contributed by atoms with van der Waals surface area (Å²) in [5.74, 6) is -0.923. The van der Waals surface area contributed by atoms with Crippen LogP contribution >= 0.6 is 0 Å². The van der Waals surface area contributed by atoms with Crippen LogP contribution in [-0.4, -0.2) is 37.2 Å². The smallest absolute Gasteiger partial charge is 0.306 e. The lowest BCUT2D eigenvalue weighted by atomic mass is 10.0. The first-order valence-electron chi connectivity index (χ1n) is 32.4. The molecule has 0 aliphatic rings. The topological polar surface area (TPSA) is 78.9 Å². The van der Waals surface area contributed by atoms with Crippen molar-refractivity contribution >= 4 is 17.9 Å². The first-order valence-corrected chi connectivity index (χ1v) is 32.4. The fourth-order valence-corrected chi connectivity index (χ4v) is 8.99. The van der Waals surface area contributed by atoms with Crippen molar-refractivity contribution in [3.05, 3.63) is 109 Å². The standard InChI is InChI=1S/C71H120O6/c1-4-7-10-13-16-19-22-25-28-31-34-35-38-40-43-46-49-52-55-58-61-64-70(73)76-67-68(77-71(74)65-62-59-56-53-50-47-44-41-37-33-30-27-24-21-18-15-12-9-6-3)66-75-69(72)63-60-57-54-51-48-45-42-39-36-32-29-26-23-20-17-14-11-8-5-2/h7,9-10,12,16,18-19,21,25,27-28,30,34-35,37,41,47,50,68H,4-6,8,11,13-15,17,20,22-24,26,29,31-33,36,38-40,42-46,48-49,51-67H2,1-3H3/b10-7-,12-9-,19-16-,21-18-,28-25-,30-27-,35-34-,41-37-,50-47-. The van der Waals surface area contributed by atoms with Gasteiger partial charge in [0.25, 0.3) is 0 Å². The van der Waals surface area contributed by atoms with Gasteiger partial charge in [0.2, 0.25) is 0 Å². The van der Waals surface area contributed by atoms with Crippen LogP contribution < -0.4 is 0 Å². The van der Waals surface area contributed by atoms with Crippen LogP contribution in [-0.2, 0) is 28.6 Å². The molecule has 0 aliphatic heterocycles. The molecule has 440 valence electrons. The molecule has 0 saturated carbocycles. The number of ether oxygens (including phenoxy) is 3. The molecule has 0 aromatic rings. The van der Waals surface area contributed by atoms with E-state index in [4.69, 9.17) is 14.2 Å². The van der Waals surface area contributed by atoms with Gasteiger partial charge in [-0.15, -0.1) is 0 Å². The first-order chi connectivity index (χ1) is 38.0. The first kappa shape index (κ1) is 73.1. The van der Waals surface area contributed by atoms with Crippen LogP contribution in [0.3, 0.4) is 0 Å². The van der Waals surface area contributed by atoms with Gasteiger partial charge in [-0.1, -0.05) is 291 Å². The minimum atomic E-state index is -0.801. The highest BCUT2D eigenvalue weighted by atomic mass is 16.6. The average molecular weight is 1070 g/mol. The average Bonchev–Trinajstić information content (AvgIpc) is 3.43. The van der Waals surface area contributed by atoms with Crippen LogP contribution in [0.1, 0.15) is 303 Å². The Morgan fingerprint density at radius 3 is 0.805 bits per heavy atom. The predicted octanol–water partition coefficient (Wildman–Crippen LogP) is 22.2. The third-order valence-corrected chi connectivity index (χ3v) is 13.8. The van der Waals surface area contributed by atoms with E-state index in [9.17, 15) is 14.4 Å². The third kappa shape index (κ3) is 62.8. The second-order valence-corrected chi connectivity index (χ2v) is 21.3. The van der Waals surface area contributed by atoms with Gasteiger partial charge < -0.3 is 14.2 Å². The summed E-state index contributed by atoms with van der Waals surface area (Å²) in [6.45, 7) is 6.41. The Kier molecular flexibility index (Phi) is 61.3. The summed E-state index contributed by atoms with van der Waals surface area (Å²) >= 11 is 0. The molecule has 0 aromatic carbocycles. The molecule has 0 spiro atoms. The van der Waals surface area contributed by atoms with Crippen molar-refractivity contribution in [3.8, 4) is 0 Å². The highest BCUT2D eigenvalue weighted by Gasteiger charge is 2.19. The van der Waals surface area contributed by atoms with Crippen LogP contribution in [0.15, 0.2) is 109 Å². The molecule has 1 unspecified atom stereocenters. The van der Waals surface area contributed by atoms with Gasteiger partial charge in [-0.3, -0.25) is 14.4 Å². The van der Waals surface area contributed by atoms with Gasteiger partial charge in [-0.05, 0) is 103 Å². The lowest BCUT2D eigenvalue weighted by Gasteiger charge is -2.18. The molecule has 6 heteroatoms. The van der Waals surface area contributed by atoms with Gasteiger partial charge in [0, 0.05) is 19.3 Å². The SMILES string of the molecule is CC/C=C\C/C=C\C/C=C\C/C=C\C/C=C\CCCCCC(=O)OC(COC(=O)CCCCCCCCCC/C=C\C/C=C\C/C=C\C/C=C\CC)COC(=O)CCCCCCCCCCCCCCCCCCCCC. The zero-order valence-corrected chi connectivity index (χ0v) is 50.4. The van der Waals surface area contributed by atoms with Crippen molar-refractivity contribution < 1.29 is 28.6 Å². The van der Waals surface area contributed by atoms with E-state index in [0.29, 0.717) is 12.8 Å². The molecule has 0 heterocycles. The number of unbranched alkanes of at least 4 members (excludes halogenated alkanes) is 29. The predicted molar refractivity (Wildman–Crippen MR) is 334 cm³/mol. The molecular weight excluding hydrogens is 949 g/mol. The Bertz CT molecular complexity index is 1560. The van der Waals surface area contributed by atoms with E-state index in [1.165, 1.54) is 135 Å². The van der Waals surface area contributed by atoms with E-state index in [1.807, 2.05) is 0 Å². The molecule has 0 aromatic heterocycles. The molecule has 0 saturated heterocycles. The Hall–Kier alpha value is -3.93. The summed E-state index contributed by atoms with van der Waals surface area (Å²) in [6.07, 6.45) is 88.0. The molecule has 0 aliphatic carbocycles. The van der Waals surface area contributed by atoms with Gasteiger partial charge in [0.1, 0.15) is 13.2 Å². The zero-order chi connectivity index (χ0) is 55.7. The van der Waals surface area contributed by atoms with Crippen LogP contribution in [0.5, 0.6) is 0 Å². The molecule has 0 bridgehead atoms. The van der Waals surface area contributed by atoms with E-state index in [1.54, 1.807) is 0 Å². The summed E-state index contributed by atoms with van der Waals surface area (Å²) in [6, 6.07) is 0. The maximum atomic E-state index is 12.9. The van der Waals surface area contributed by atoms with Crippen LogP contribution in [0.2, 0.25) is 0 Å². The number of esters is 3. The van der Waals surface area contributed by atoms with Gasteiger partial charge in [0.05, 0.1) is 0 Å². The van der Waals surface area contributed by atoms with Crippen molar-refractivity contribution in [3.63, 3.8) is 0 Å². The van der Waals surface area contributed by atoms with E-state index < -0.39 is 6.10 Å². The summed E-state index contributed by atoms with van der Waals surface area (Å²) < 4.78 is 16.9. The maximum absolute atomic E-state index is 12.9. The van der Waals surface area contributed by atoms with Gasteiger partial charge in [0.15, 0.2) is 6.10 Å². The quantitative estimate of drug-likeness (QED) is 0.0261. The van der Waals surface area contributed by atoms with Crippen molar-refractivity contribution in [1.29, 1.82) is 0 Å². The van der Waals surface area contributed by atoms with Crippen molar-refractivity contribution in [1.82, 2.24) is 0 Å². The van der Waals surface area contributed by atoms with E-state index in [0.717, 1.165) is 128 Å². The number of carbonyl (C=O) groups excluding carboxylic acids is 3. The number of rotatable bonds is 58. The van der Waals surface area contributed by atoms with Gasteiger partial charge >= 0.3 is 17.9 Å². The van der Waals surface area contributed by atoms with Crippen LogP contribution in [0.25, 0.3) is 0 Å². The lowest BCUT2D eigenvalue weighted by Crippen LogP contribution is -2.30. The van der Waals surface area contributed by atoms with E-state index >= 15 is 0 Å². The minimum Gasteiger partial charge on any atom is -0.462 e. The molecule has 0 amide bonds. The second-order valence-electron chi connectivity index (χ2n) is 21.3. The van der Waals surface area contributed by atoms with Crippen LogP contribution in [0.4, 0.5) is 0 Å². The molecule has 0 rings (SSSR count). The van der Waals surface area contributed by atoms with Gasteiger partial charge in [-0.25, -0.2) is 0 Å². The monoisotopic (exact) mass is 1070 g/mol. The number of hydrogen-bond donors (Lipinski definition) is 0. The Morgan fingerprint density at radius 1 is 0.273 bits per heavy atom. The third-order valence-electron chi connectivity index (χ3n) is 13.8. The molecular formula is C71H120O6. The molecule has 1 atom stereocenters.